The second-order valence-electron chi connectivity index (χ2n) is 5.65. The summed E-state index contributed by atoms with van der Waals surface area (Å²) in [6, 6.07) is 14.8. The molecule has 0 atom stereocenters. The van der Waals surface area contributed by atoms with Crippen molar-refractivity contribution < 1.29 is 4.39 Å². The molecule has 2 aromatic heterocycles. The maximum Gasteiger partial charge on any atom is 0.140 e. The zero-order valence-corrected chi connectivity index (χ0v) is 13.4. The van der Waals surface area contributed by atoms with E-state index < -0.39 is 0 Å². The van der Waals surface area contributed by atoms with Crippen LogP contribution in [0.3, 0.4) is 0 Å². The molecule has 0 aliphatic carbocycles. The van der Waals surface area contributed by atoms with Crippen molar-refractivity contribution in [2.45, 2.75) is 20.0 Å². The minimum Gasteiger partial charge on any atom is -0.327 e. The molecule has 0 aliphatic heterocycles. The molecule has 0 spiro atoms. The molecule has 2 heterocycles. The summed E-state index contributed by atoms with van der Waals surface area (Å²) in [6.45, 7) is 3.45. The molecule has 120 valence electrons. The van der Waals surface area contributed by atoms with Crippen molar-refractivity contribution >= 4 is 11.0 Å². The molecule has 0 amide bonds. The molecule has 4 aromatic rings. The van der Waals surface area contributed by atoms with Gasteiger partial charge in [0.2, 0.25) is 0 Å². The van der Waals surface area contributed by atoms with Crippen LogP contribution in [0.15, 0.2) is 60.9 Å². The number of halogens is 1. The molecular weight excluding hydrogens is 303 g/mol. The Morgan fingerprint density at radius 1 is 1.08 bits per heavy atom. The average molecular weight is 320 g/mol. The van der Waals surface area contributed by atoms with Gasteiger partial charge in [-0.15, -0.1) is 0 Å². The van der Waals surface area contributed by atoms with Gasteiger partial charge in [-0.25, -0.2) is 14.4 Å². The van der Waals surface area contributed by atoms with E-state index >= 15 is 0 Å². The Balaban J connectivity index is 1.77. The van der Waals surface area contributed by atoms with Crippen molar-refractivity contribution in [2.24, 2.45) is 0 Å². The third kappa shape index (κ3) is 2.48. The van der Waals surface area contributed by atoms with E-state index in [0.717, 1.165) is 29.3 Å². The van der Waals surface area contributed by atoms with E-state index in [1.54, 1.807) is 12.3 Å². The summed E-state index contributed by atoms with van der Waals surface area (Å²) in [4.78, 5) is 9.10. The number of benzene rings is 2. The van der Waals surface area contributed by atoms with Gasteiger partial charge in [-0.1, -0.05) is 30.3 Å². The van der Waals surface area contributed by atoms with E-state index in [2.05, 4.69) is 26.0 Å². The Hall–Kier alpha value is -2.95. The minimum atomic E-state index is -0.262. The molecule has 0 radical (unpaired) electrons. The highest BCUT2D eigenvalue weighted by Gasteiger charge is 2.13. The van der Waals surface area contributed by atoms with Gasteiger partial charge >= 0.3 is 0 Å². The predicted octanol–water partition coefficient (Wildman–Crippen LogP) is 4.11. The third-order valence-corrected chi connectivity index (χ3v) is 4.16. The van der Waals surface area contributed by atoms with Crippen LogP contribution in [0.25, 0.3) is 22.4 Å². The van der Waals surface area contributed by atoms with Crippen molar-refractivity contribution in [3.05, 3.63) is 72.6 Å². The number of hydrogen-bond acceptors (Lipinski definition) is 2. The molecule has 0 N–H and O–H groups in total. The molecule has 0 saturated carbocycles. The van der Waals surface area contributed by atoms with E-state index in [-0.39, 0.29) is 5.82 Å². The predicted molar refractivity (Wildman–Crippen MR) is 92.1 cm³/mol. The fraction of sp³-hybridized carbons (Fsp3) is 0.158. The van der Waals surface area contributed by atoms with Crippen LogP contribution in [-0.2, 0) is 13.1 Å². The third-order valence-electron chi connectivity index (χ3n) is 4.16. The second-order valence-corrected chi connectivity index (χ2v) is 5.65. The monoisotopic (exact) mass is 320 g/mol. The molecule has 0 bridgehead atoms. The molecule has 0 saturated heterocycles. The topological polar surface area (TPSA) is 35.6 Å². The second kappa shape index (κ2) is 5.92. The van der Waals surface area contributed by atoms with Gasteiger partial charge in [0.1, 0.15) is 17.5 Å². The molecule has 24 heavy (non-hydrogen) atoms. The lowest BCUT2D eigenvalue weighted by atomic mass is 10.2. The van der Waals surface area contributed by atoms with Gasteiger partial charge in [0.05, 0.1) is 17.6 Å². The first-order valence-electron chi connectivity index (χ1n) is 7.97. The number of aromatic nitrogens is 4. The maximum absolute atomic E-state index is 13.5. The summed E-state index contributed by atoms with van der Waals surface area (Å²) in [5.41, 5.74) is 2.70. The van der Waals surface area contributed by atoms with Crippen LogP contribution in [-0.4, -0.2) is 19.1 Å². The van der Waals surface area contributed by atoms with E-state index in [4.69, 9.17) is 0 Å². The van der Waals surface area contributed by atoms with Gasteiger partial charge < -0.3 is 9.13 Å². The van der Waals surface area contributed by atoms with Gasteiger partial charge in [-0.3, -0.25) is 0 Å². The maximum atomic E-state index is 13.5. The Morgan fingerprint density at radius 3 is 2.71 bits per heavy atom. The van der Waals surface area contributed by atoms with E-state index in [0.29, 0.717) is 12.1 Å². The molecule has 4 rings (SSSR count). The average Bonchev–Trinajstić information content (AvgIpc) is 3.19. The van der Waals surface area contributed by atoms with Crippen LogP contribution in [0.2, 0.25) is 0 Å². The molecule has 0 fully saturated rings. The lowest BCUT2D eigenvalue weighted by Crippen LogP contribution is -2.08. The molecule has 0 aliphatic rings. The minimum absolute atomic E-state index is 0.262. The van der Waals surface area contributed by atoms with E-state index in [1.165, 1.54) is 12.1 Å². The number of rotatable bonds is 4. The highest BCUT2D eigenvalue weighted by molar-refractivity contribution is 5.76. The first kappa shape index (κ1) is 14.6. The van der Waals surface area contributed by atoms with Crippen LogP contribution in [0.4, 0.5) is 4.39 Å². The summed E-state index contributed by atoms with van der Waals surface area (Å²) >= 11 is 0. The van der Waals surface area contributed by atoms with Crippen molar-refractivity contribution in [1.82, 2.24) is 19.1 Å². The summed E-state index contributed by atoms with van der Waals surface area (Å²) in [6.07, 6.45) is 3.74. The van der Waals surface area contributed by atoms with Crippen LogP contribution < -0.4 is 0 Å². The zero-order chi connectivity index (χ0) is 16.5. The van der Waals surface area contributed by atoms with Crippen LogP contribution in [0, 0.1) is 5.82 Å². The highest BCUT2D eigenvalue weighted by Crippen LogP contribution is 2.21. The summed E-state index contributed by atoms with van der Waals surface area (Å²) in [5, 5.41) is 0. The number of fused-ring (bicyclic) bond motifs is 1. The number of aryl methyl sites for hydroxylation is 1. The van der Waals surface area contributed by atoms with Crippen LogP contribution in [0.5, 0.6) is 0 Å². The highest BCUT2D eigenvalue weighted by atomic mass is 19.1. The molecular formula is C19H17FN4. The Labute approximate surface area is 139 Å². The molecule has 4 nitrogen and oxygen atoms in total. The molecule has 0 unspecified atom stereocenters. The summed E-state index contributed by atoms with van der Waals surface area (Å²) in [7, 11) is 0. The largest absolute Gasteiger partial charge is 0.327 e. The lowest BCUT2D eigenvalue weighted by molar-refractivity contribution is 0.629. The van der Waals surface area contributed by atoms with Gasteiger partial charge in [0, 0.05) is 30.6 Å². The van der Waals surface area contributed by atoms with Gasteiger partial charge in [-0.2, -0.15) is 0 Å². The van der Waals surface area contributed by atoms with Gasteiger partial charge in [-0.05, 0) is 19.1 Å². The van der Waals surface area contributed by atoms with Crippen molar-refractivity contribution in [1.29, 1.82) is 0 Å². The Bertz CT molecular complexity index is 985. The Kier molecular flexibility index (Phi) is 3.61. The summed E-state index contributed by atoms with van der Waals surface area (Å²) in [5.74, 6) is 1.53. The van der Waals surface area contributed by atoms with Gasteiger partial charge in [0.25, 0.3) is 0 Å². The Morgan fingerprint density at radius 2 is 1.92 bits per heavy atom. The van der Waals surface area contributed by atoms with Crippen LogP contribution >= 0.6 is 0 Å². The standard InChI is InChI=1S/C19H17FN4/c1-2-24-17-9-8-15(20)12-16(17)22-18(24)13-23-11-10-21-19(23)14-6-4-3-5-7-14/h3-12H,2,13H2,1H3. The number of nitrogens with zero attached hydrogens (tertiary/aromatic N) is 4. The summed E-state index contributed by atoms with van der Waals surface area (Å²) < 4.78 is 17.7. The zero-order valence-electron chi connectivity index (χ0n) is 13.4. The molecule has 5 heteroatoms. The molecule has 2 aromatic carbocycles. The van der Waals surface area contributed by atoms with Crippen LogP contribution in [0.1, 0.15) is 12.7 Å². The van der Waals surface area contributed by atoms with Crippen molar-refractivity contribution in [2.75, 3.05) is 0 Å². The lowest BCUT2D eigenvalue weighted by Gasteiger charge is -2.10. The van der Waals surface area contributed by atoms with E-state index in [1.807, 2.05) is 36.5 Å². The van der Waals surface area contributed by atoms with Crippen molar-refractivity contribution in [3.8, 4) is 11.4 Å². The van der Waals surface area contributed by atoms with Crippen molar-refractivity contribution in [3.63, 3.8) is 0 Å². The normalized spacial score (nSPS) is 11.2. The number of hydrogen-bond donors (Lipinski definition) is 0. The van der Waals surface area contributed by atoms with E-state index in [9.17, 15) is 4.39 Å². The smallest absolute Gasteiger partial charge is 0.140 e. The van der Waals surface area contributed by atoms with Gasteiger partial charge in [0.15, 0.2) is 0 Å². The quantitative estimate of drug-likeness (QED) is 0.567. The first-order valence-corrected chi connectivity index (χ1v) is 7.97. The fourth-order valence-corrected chi connectivity index (χ4v) is 3.06. The fourth-order valence-electron chi connectivity index (χ4n) is 3.06. The number of imidazole rings is 2. The first-order chi connectivity index (χ1) is 11.8. The SMILES string of the molecule is CCn1c(Cn2ccnc2-c2ccccc2)nc2cc(F)ccc21.